The van der Waals surface area contributed by atoms with Crippen LogP contribution in [0.4, 0.5) is 0 Å². The first kappa shape index (κ1) is 17.6. The van der Waals surface area contributed by atoms with Crippen LogP contribution < -0.4 is 15.8 Å². The van der Waals surface area contributed by atoms with Gasteiger partial charge in [0.05, 0.1) is 4.90 Å². The van der Waals surface area contributed by atoms with Gasteiger partial charge in [-0.2, -0.15) is 0 Å². The molecule has 132 valence electrons. The smallest absolute Gasteiger partial charge is 0.251 e. The molecule has 0 spiro atoms. The first-order valence-electron chi connectivity index (χ1n) is 7.99. The third-order valence-electron chi connectivity index (χ3n) is 4.54. The first-order chi connectivity index (χ1) is 11.8. The molecule has 7 heteroatoms. The quantitative estimate of drug-likeness (QED) is 0.770. The summed E-state index contributed by atoms with van der Waals surface area (Å²) in [5, 5.41) is 11.4. The Kier molecular flexibility index (Phi) is 4.64. The molecule has 2 aromatic carbocycles. The number of nitrogens with one attached hydrogen (secondary N) is 2. The standard InChI is InChI=1S/C18H21N3O3S/c1-11-5-15(7-17(12(11)2)25(19,23)24)18(22)21-8-13-3-4-14-9-20-10-16(14)6-13/h3-7,20H,8-10H2,1-2H3,(H,21,22)(H2,19,23,24). The lowest BCUT2D eigenvalue weighted by Crippen LogP contribution is -2.24. The number of hydrogen-bond donors (Lipinski definition) is 3. The number of fused-ring (bicyclic) bond motifs is 1. The van der Waals surface area contributed by atoms with Gasteiger partial charge in [-0.05, 0) is 53.8 Å². The van der Waals surface area contributed by atoms with Crippen molar-refractivity contribution < 1.29 is 13.2 Å². The molecule has 0 aliphatic carbocycles. The Bertz CT molecular complexity index is 952. The van der Waals surface area contributed by atoms with Crippen molar-refractivity contribution in [3.05, 3.63) is 63.7 Å². The molecule has 0 atom stereocenters. The van der Waals surface area contributed by atoms with E-state index in [4.69, 9.17) is 5.14 Å². The predicted octanol–water partition coefficient (Wildman–Crippen LogP) is 1.48. The normalized spacial score (nSPS) is 13.6. The zero-order valence-corrected chi connectivity index (χ0v) is 15.0. The predicted molar refractivity (Wildman–Crippen MR) is 95.4 cm³/mol. The van der Waals surface area contributed by atoms with Crippen LogP contribution in [0, 0.1) is 13.8 Å². The third kappa shape index (κ3) is 3.73. The summed E-state index contributed by atoms with van der Waals surface area (Å²) < 4.78 is 23.4. The Labute approximate surface area is 147 Å². The van der Waals surface area contributed by atoms with Crippen LogP contribution in [0.2, 0.25) is 0 Å². The molecule has 6 nitrogen and oxygen atoms in total. The van der Waals surface area contributed by atoms with Gasteiger partial charge in [-0.25, -0.2) is 13.6 Å². The van der Waals surface area contributed by atoms with Gasteiger partial charge in [0.2, 0.25) is 10.0 Å². The van der Waals surface area contributed by atoms with E-state index in [0.29, 0.717) is 17.7 Å². The highest BCUT2D eigenvalue weighted by molar-refractivity contribution is 7.89. The molecule has 1 heterocycles. The van der Waals surface area contributed by atoms with E-state index in [1.807, 2.05) is 6.07 Å². The summed E-state index contributed by atoms with van der Waals surface area (Å²) in [5.41, 5.74) is 5.09. The Balaban J connectivity index is 1.79. The number of primary sulfonamides is 1. The Hall–Kier alpha value is -2.22. The number of benzene rings is 2. The van der Waals surface area contributed by atoms with Gasteiger partial charge in [0.25, 0.3) is 5.91 Å². The summed E-state index contributed by atoms with van der Waals surface area (Å²) in [5.74, 6) is -0.327. The van der Waals surface area contributed by atoms with Crippen LogP contribution in [-0.4, -0.2) is 14.3 Å². The summed E-state index contributed by atoms with van der Waals surface area (Å²) in [6.07, 6.45) is 0. The van der Waals surface area contributed by atoms with Crippen molar-refractivity contribution >= 4 is 15.9 Å². The van der Waals surface area contributed by atoms with Crippen LogP contribution in [0.3, 0.4) is 0 Å². The lowest BCUT2D eigenvalue weighted by Gasteiger charge is -2.11. The van der Waals surface area contributed by atoms with Crippen molar-refractivity contribution in [1.82, 2.24) is 10.6 Å². The minimum Gasteiger partial charge on any atom is -0.348 e. The molecular weight excluding hydrogens is 338 g/mol. The van der Waals surface area contributed by atoms with Crippen molar-refractivity contribution in [2.75, 3.05) is 0 Å². The molecule has 0 aromatic heterocycles. The summed E-state index contributed by atoms with van der Waals surface area (Å²) in [7, 11) is -3.87. The van der Waals surface area contributed by atoms with Crippen LogP contribution in [0.15, 0.2) is 35.2 Å². The minimum atomic E-state index is -3.87. The van der Waals surface area contributed by atoms with Gasteiger partial charge in [-0.1, -0.05) is 18.2 Å². The summed E-state index contributed by atoms with van der Waals surface area (Å²) in [6, 6.07) is 9.13. The molecule has 0 radical (unpaired) electrons. The van der Waals surface area contributed by atoms with Crippen molar-refractivity contribution in [2.24, 2.45) is 5.14 Å². The van der Waals surface area contributed by atoms with Crippen molar-refractivity contribution in [1.29, 1.82) is 0 Å². The summed E-state index contributed by atoms with van der Waals surface area (Å²) in [6.45, 7) is 5.53. The number of nitrogens with two attached hydrogens (primary N) is 1. The van der Waals surface area contributed by atoms with Gasteiger partial charge >= 0.3 is 0 Å². The highest BCUT2D eigenvalue weighted by Gasteiger charge is 2.17. The molecule has 4 N–H and O–H groups in total. The topological polar surface area (TPSA) is 101 Å². The molecule has 0 bridgehead atoms. The van der Waals surface area contributed by atoms with E-state index in [1.54, 1.807) is 19.9 Å². The maximum absolute atomic E-state index is 12.4. The van der Waals surface area contributed by atoms with Crippen molar-refractivity contribution in [3.63, 3.8) is 0 Å². The molecule has 1 amide bonds. The number of amides is 1. The molecule has 25 heavy (non-hydrogen) atoms. The number of aryl methyl sites for hydroxylation is 1. The van der Waals surface area contributed by atoms with Crippen LogP contribution in [0.1, 0.15) is 38.2 Å². The first-order valence-corrected chi connectivity index (χ1v) is 9.54. The van der Waals surface area contributed by atoms with E-state index in [-0.39, 0.29) is 16.4 Å². The highest BCUT2D eigenvalue weighted by Crippen LogP contribution is 2.20. The molecule has 3 rings (SSSR count). The molecule has 0 fully saturated rings. The molecule has 1 aliphatic rings. The van der Waals surface area contributed by atoms with E-state index >= 15 is 0 Å². The van der Waals surface area contributed by atoms with E-state index in [0.717, 1.165) is 18.7 Å². The van der Waals surface area contributed by atoms with Gasteiger partial charge < -0.3 is 10.6 Å². The van der Waals surface area contributed by atoms with E-state index in [2.05, 4.69) is 22.8 Å². The fraction of sp³-hybridized carbons (Fsp3) is 0.278. The van der Waals surface area contributed by atoms with Crippen LogP contribution in [0.5, 0.6) is 0 Å². The maximum atomic E-state index is 12.4. The van der Waals surface area contributed by atoms with Crippen LogP contribution >= 0.6 is 0 Å². The van der Waals surface area contributed by atoms with Gasteiger partial charge in [0.1, 0.15) is 0 Å². The average molecular weight is 359 g/mol. The molecule has 1 aliphatic heterocycles. The van der Waals surface area contributed by atoms with Crippen molar-refractivity contribution in [2.45, 2.75) is 38.4 Å². The molecule has 2 aromatic rings. The van der Waals surface area contributed by atoms with Gasteiger partial charge in [0.15, 0.2) is 0 Å². The third-order valence-corrected chi connectivity index (χ3v) is 5.58. The molecule has 0 saturated carbocycles. The van der Waals surface area contributed by atoms with E-state index < -0.39 is 10.0 Å². The zero-order chi connectivity index (χ0) is 18.2. The average Bonchev–Trinajstić information content (AvgIpc) is 3.01. The number of sulfonamides is 1. The van der Waals surface area contributed by atoms with Crippen LogP contribution in [0.25, 0.3) is 0 Å². The monoisotopic (exact) mass is 359 g/mol. The molecule has 0 saturated heterocycles. The second kappa shape index (κ2) is 6.59. The summed E-state index contributed by atoms with van der Waals surface area (Å²) >= 11 is 0. The number of hydrogen-bond acceptors (Lipinski definition) is 4. The summed E-state index contributed by atoms with van der Waals surface area (Å²) in [4.78, 5) is 12.4. The minimum absolute atomic E-state index is 0.0127. The van der Waals surface area contributed by atoms with Crippen LogP contribution in [-0.2, 0) is 29.7 Å². The SMILES string of the molecule is Cc1cc(C(=O)NCc2ccc3c(c2)CNC3)cc(S(N)(=O)=O)c1C. The van der Waals surface area contributed by atoms with Gasteiger partial charge in [-0.3, -0.25) is 4.79 Å². The number of carbonyl (C=O) groups excluding carboxylic acids is 1. The lowest BCUT2D eigenvalue weighted by molar-refractivity contribution is 0.0950. The fourth-order valence-electron chi connectivity index (χ4n) is 3.00. The molecular formula is C18H21N3O3S. The number of carbonyl (C=O) groups is 1. The second-order valence-electron chi connectivity index (χ2n) is 6.35. The lowest BCUT2D eigenvalue weighted by atomic mass is 10.0. The Morgan fingerprint density at radius 1 is 1.16 bits per heavy atom. The zero-order valence-electron chi connectivity index (χ0n) is 14.2. The van der Waals surface area contributed by atoms with E-state index in [1.165, 1.54) is 17.2 Å². The number of rotatable bonds is 4. The van der Waals surface area contributed by atoms with E-state index in [9.17, 15) is 13.2 Å². The van der Waals surface area contributed by atoms with Gasteiger partial charge in [0, 0.05) is 25.2 Å². The highest BCUT2D eigenvalue weighted by atomic mass is 32.2. The maximum Gasteiger partial charge on any atom is 0.251 e. The Morgan fingerprint density at radius 3 is 2.60 bits per heavy atom. The fourth-order valence-corrected chi connectivity index (χ4v) is 3.88. The van der Waals surface area contributed by atoms with Gasteiger partial charge in [-0.15, -0.1) is 0 Å². The van der Waals surface area contributed by atoms with Crippen molar-refractivity contribution in [3.8, 4) is 0 Å². The Morgan fingerprint density at radius 2 is 1.88 bits per heavy atom. The molecule has 0 unspecified atom stereocenters. The second-order valence-corrected chi connectivity index (χ2v) is 7.88. The largest absolute Gasteiger partial charge is 0.348 e.